The zero-order valence-corrected chi connectivity index (χ0v) is 18.4. The molecular weight excluding hydrogens is 384 g/mol. The Bertz CT molecular complexity index is 876. The molecule has 2 aliphatic heterocycles. The molecule has 2 aromatic rings. The molecule has 7 heteroatoms. The number of halogens is 1. The van der Waals surface area contributed by atoms with Gasteiger partial charge < -0.3 is 15.1 Å². The van der Waals surface area contributed by atoms with Crippen molar-refractivity contribution < 1.29 is 0 Å². The van der Waals surface area contributed by atoms with Crippen molar-refractivity contribution in [2.24, 2.45) is 18.0 Å². The maximum absolute atomic E-state index is 6.22. The van der Waals surface area contributed by atoms with E-state index in [1.165, 1.54) is 23.2 Å². The van der Waals surface area contributed by atoms with Crippen molar-refractivity contribution in [1.29, 1.82) is 0 Å². The normalized spacial score (nSPS) is 22.6. The Hall–Kier alpha value is -2.21. The van der Waals surface area contributed by atoms with E-state index in [2.05, 4.69) is 50.5 Å². The Morgan fingerprint density at radius 1 is 1.28 bits per heavy atom. The van der Waals surface area contributed by atoms with Crippen LogP contribution in [-0.4, -0.2) is 60.4 Å². The van der Waals surface area contributed by atoms with Gasteiger partial charge in [0.2, 0.25) is 0 Å². The van der Waals surface area contributed by atoms with Gasteiger partial charge in [-0.15, -0.1) is 0 Å². The second-order valence-corrected chi connectivity index (χ2v) is 8.78. The number of benzene rings is 1. The first-order chi connectivity index (χ1) is 14.0. The Morgan fingerprint density at radius 2 is 2.14 bits per heavy atom. The number of rotatable bonds is 4. The summed E-state index contributed by atoms with van der Waals surface area (Å²) in [5.74, 6) is 2.17. The van der Waals surface area contributed by atoms with Gasteiger partial charge in [-0.05, 0) is 48.9 Å². The van der Waals surface area contributed by atoms with Gasteiger partial charge in [-0.25, -0.2) is 0 Å². The fourth-order valence-corrected chi connectivity index (χ4v) is 4.75. The molecule has 1 aromatic carbocycles. The molecule has 2 atom stereocenters. The lowest BCUT2D eigenvalue weighted by molar-refractivity contribution is 0.470. The third kappa shape index (κ3) is 4.53. The third-order valence-corrected chi connectivity index (χ3v) is 6.48. The summed E-state index contributed by atoms with van der Waals surface area (Å²) in [6, 6.07) is 6.17. The maximum atomic E-state index is 6.22. The fraction of sp³-hybridized carbons (Fsp3) is 0.545. The van der Waals surface area contributed by atoms with Gasteiger partial charge in [0.05, 0.1) is 6.20 Å². The van der Waals surface area contributed by atoms with Gasteiger partial charge in [-0.1, -0.05) is 17.7 Å². The molecule has 2 aliphatic rings. The van der Waals surface area contributed by atoms with Crippen LogP contribution in [0.25, 0.3) is 0 Å². The van der Waals surface area contributed by atoms with Gasteiger partial charge in [0.1, 0.15) is 0 Å². The van der Waals surface area contributed by atoms with Crippen LogP contribution in [0, 0.1) is 12.8 Å². The van der Waals surface area contributed by atoms with Gasteiger partial charge >= 0.3 is 0 Å². The van der Waals surface area contributed by atoms with E-state index in [0.29, 0.717) is 11.8 Å². The molecule has 29 heavy (non-hydrogen) atoms. The molecule has 0 bridgehead atoms. The van der Waals surface area contributed by atoms with Crippen molar-refractivity contribution in [1.82, 2.24) is 20.0 Å². The van der Waals surface area contributed by atoms with E-state index >= 15 is 0 Å². The van der Waals surface area contributed by atoms with E-state index in [-0.39, 0.29) is 0 Å². The van der Waals surface area contributed by atoms with Crippen LogP contribution >= 0.6 is 11.6 Å². The Morgan fingerprint density at radius 3 is 2.90 bits per heavy atom. The minimum absolute atomic E-state index is 0.537. The van der Waals surface area contributed by atoms with E-state index < -0.39 is 0 Å². The van der Waals surface area contributed by atoms with E-state index in [0.717, 1.165) is 50.1 Å². The Labute approximate surface area is 178 Å². The second-order valence-electron chi connectivity index (χ2n) is 8.34. The highest BCUT2D eigenvalue weighted by Crippen LogP contribution is 2.30. The predicted molar refractivity (Wildman–Crippen MR) is 120 cm³/mol. The third-order valence-electron chi connectivity index (χ3n) is 6.24. The summed E-state index contributed by atoms with van der Waals surface area (Å²) >= 11 is 6.22. The summed E-state index contributed by atoms with van der Waals surface area (Å²) in [7, 11) is 3.86. The average molecular weight is 415 g/mol. The minimum Gasteiger partial charge on any atom is -0.371 e. The first-order valence-corrected chi connectivity index (χ1v) is 10.9. The zero-order chi connectivity index (χ0) is 20.4. The van der Waals surface area contributed by atoms with Crippen LogP contribution in [0.3, 0.4) is 0 Å². The highest BCUT2D eigenvalue weighted by Gasteiger charge is 2.28. The molecule has 2 saturated heterocycles. The van der Waals surface area contributed by atoms with Crippen molar-refractivity contribution in [3.05, 3.63) is 46.7 Å². The van der Waals surface area contributed by atoms with E-state index in [1.54, 1.807) is 0 Å². The molecule has 0 saturated carbocycles. The molecule has 1 aromatic heterocycles. The number of aromatic nitrogens is 2. The fourth-order valence-electron chi connectivity index (χ4n) is 4.58. The first kappa shape index (κ1) is 20.1. The molecule has 0 aliphatic carbocycles. The number of guanidine groups is 1. The quantitative estimate of drug-likeness (QED) is 0.616. The minimum atomic E-state index is 0.537. The zero-order valence-electron chi connectivity index (χ0n) is 17.6. The molecule has 2 fully saturated rings. The Kier molecular flexibility index (Phi) is 5.99. The summed E-state index contributed by atoms with van der Waals surface area (Å²) in [4.78, 5) is 9.39. The number of likely N-dealkylation sites (tertiary alicyclic amines) is 1. The van der Waals surface area contributed by atoms with Crippen LogP contribution < -0.4 is 10.2 Å². The molecular formula is C22H31ClN6. The highest BCUT2D eigenvalue weighted by molar-refractivity contribution is 6.30. The molecule has 3 heterocycles. The van der Waals surface area contributed by atoms with E-state index in [1.807, 2.05) is 31.0 Å². The van der Waals surface area contributed by atoms with E-state index in [4.69, 9.17) is 11.6 Å². The summed E-state index contributed by atoms with van der Waals surface area (Å²) in [5.41, 5.74) is 3.88. The number of aliphatic imine (C=N–C) groups is 1. The lowest BCUT2D eigenvalue weighted by Gasteiger charge is -2.24. The van der Waals surface area contributed by atoms with Crippen molar-refractivity contribution in [3.63, 3.8) is 0 Å². The summed E-state index contributed by atoms with van der Waals surface area (Å²) in [6.07, 6.45) is 6.47. The van der Waals surface area contributed by atoms with Crippen LogP contribution in [0.5, 0.6) is 0 Å². The average Bonchev–Trinajstić information content (AvgIpc) is 3.45. The SMILES string of the molecule is CN=C(NCC1CCN(c2cc(Cl)ccc2C)C1)N1CCC(c2cnn(C)c2)C1. The number of anilines is 1. The molecule has 0 spiro atoms. The predicted octanol–water partition coefficient (Wildman–Crippen LogP) is 3.27. The summed E-state index contributed by atoms with van der Waals surface area (Å²) < 4.78 is 1.89. The monoisotopic (exact) mass is 414 g/mol. The number of nitrogens with one attached hydrogen (secondary N) is 1. The maximum Gasteiger partial charge on any atom is 0.193 e. The van der Waals surface area contributed by atoms with Crippen molar-refractivity contribution >= 4 is 23.2 Å². The lowest BCUT2D eigenvalue weighted by atomic mass is 10.0. The number of hydrogen-bond donors (Lipinski definition) is 1. The van der Waals surface area contributed by atoms with Gasteiger partial charge in [-0.2, -0.15) is 5.10 Å². The van der Waals surface area contributed by atoms with Crippen LogP contribution in [0.2, 0.25) is 5.02 Å². The lowest BCUT2D eigenvalue weighted by Crippen LogP contribution is -2.42. The Balaban J connectivity index is 1.30. The molecule has 1 N–H and O–H groups in total. The highest BCUT2D eigenvalue weighted by atomic mass is 35.5. The smallest absolute Gasteiger partial charge is 0.193 e. The molecule has 156 valence electrons. The van der Waals surface area contributed by atoms with Gasteiger partial charge in [0, 0.05) is 69.6 Å². The van der Waals surface area contributed by atoms with Crippen LogP contribution in [0.15, 0.2) is 35.6 Å². The van der Waals surface area contributed by atoms with Crippen molar-refractivity contribution in [2.75, 3.05) is 44.7 Å². The second kappa shape index (κ2) is 8.66. The number of nitrogens with zero attached hydrogens (tertiary/aromatic N) is 5. The number of aryl methyl sites for hydroxylation is 2. The molecule has 2 unspecified atom stereocenters. The molecule has 4 rings (SSSR count). The van der Waals surface area contributed by atoms with Gasteiger partial charge in [0.25, 0.3) is 0 Å². The topological polar surface area (TPSA) is 48.7 Å². The van der Waals surface area contributed by atoms with Crippen LogP contribution in [0.1, 0.15) is 29.9 Å². The number of hydrogen-bond acceptors (Lipinski definition) is 3. The molecule has 6 nitrogen and oxygen atoms in total. The first-order valence-electron chi connectivity index (χ1n) is 10.5. The van der Waals surface area contributed by atoms with Crippen LogP contribution in [-0.2, 0) is 7.05 Å². The molecule has 0 amide bonds. The summed E-state index contributed by atoms with van der Waals surface area (Å²) in [5, 5.41) is 8.76. The largest absolute Gasteiger partial charge is 0.371 e. The van der Waals surface area contributed by atoms with Crippen LogP contribution in [0.4, 0.5) is 5.69 Å². The summed E-state index contributed by atoms with van der Waals surface area (Å²) in [6.45, 7) is 7.30. The standard InChI is InChI=1S/C22H31ClN6/c1-16-4-5-20(23)10-21(16)28-8-6-17(13-28)11-25-22(24-2)29-9-7-18(15-29)19-12-26-27(3)14-19/h4-5,10,12,14,17-18H,6-9,11,13,15H2,1-3H3,(H,24,25). The van der Waals surface area contributed by atoms with Gasteiger partial charge in [-0.3, -0.25) is 9.67 Å². The van der Waals surface area contributed by atoms with Crippen molar-refractivity contribution in [2.45, 2.75) is 25.7 Å². The van der Waals surface area contributed by atoms with Crippen molar-refractivity contribution in [3.8, 4) is 0 Å². The van der Waals surface area contributed by atoms with Gasteiger partial charge in [0.15, 0.2) is 5.96 Å². The molecule has 0 radical (unpaired) electrons. The van der Waals surface area contributed by atoms with E-state index in [9.17, 15) is 0 Å².